The normalized spacial score (nSPS) is 22.6. The minimum Gasteiger partial charge on any atom is -0.445 e. The van der Waals surface area contributed by atoms with E-state index in [-0.39, 0.29) is 12.1 Å². The molecule has 1 N–H and O–H groups in total. The average Bonchev–Trinajstić information content (AvgIpc) is 2.13. The third-order valence-corrected chi connectivity index (χ3v) is 3.93. The van der Waals surface area contributed by atoms with Crippen molar-refractivity contribution in [2.24, 2.45) is 0 Å². The quantitative estimate of drug-likeness (QED) is 0.783. The molecule has 1 fully saturated rings. The van der Waals surface area contributed by atoms with Gasteiger partial charge in [0.15, 0.2) is 0 Å². The van der Waals surface area contributed by atoms with Gasteiger partial charge in [0.25, 0.3) is 9.24 Å². The maximum Gasteiger partial charge on any atom is 0.407 e. The van der Waals surface area contributed by atoms with E-state index in [1.165, 1.54) is 0 Å². The smallest absolute Gasteiger partial charge is 0.407 e. The molecule has 0 aromatic heterocycles. The SMILES string of the molecule is CC(C)(C)NC(=O)O[C@@H]1CCCN(S(=O)(=O)Cl)C1. The predicted octanol–water partition coefficient (Wildman–Crippen LogP) is 1.46. The van der Waals surface area contributed by atoms with Crippen molar-refractivity contribution < 1.29 is 17.9 Å². The van der Waals surface area contributed by atoms with Gasteiger partial charge in [0.05, 0.1) is 6.54 Å². The molecule has 6 nitrogen and oxygen atoms in total. The molecule has 0 spiro atoms. The van der Waals surface area contributed by atoms with Crippen molar-refractivity contribution in [3.63, 3.8) is 0 Å². The highest BCUT2D eigenvalue weighted by Gasteiger charge is 2.30. The van der Waals surface area contributed by atoms with Gasteiger partial charge in [-0.1, -0.05) is 0 Å². The second-order valence-electron chi connectivity index (χ2n) is 5.34. The number of carbonyl (C=O) groups excluding carboxylic acids is 1. The van der Waals surface area contributed by atoms with E-state index in [0.717, 1.165) is 4.31 Å². The summed E-state index contributed by atoms with van der Waals surface area (Å²) in [6, 6.07) is 0. The molecule has 1 heterocycles. The van der Waals surface area contributed by atoms with Crippen LogP contribution in [0.25, 0.3) is 0 Å². The van der Waals surface area contributed by atoms with Crippen molar-refractivity contribution >= 4 is 26.0 Å². The van der Waals surface area contributed by atoms with Crippen molar-refractivity contribution in [1.29, 1.82) is 0 Å². The fourth-order valence-corrected chi connectivity index (χ4v) is 2.75. The van der Waals surface area contributed by atoms with Gasteiger partial charge >= 0.3 is 6.09 Å². The molecular formula is C10H19ClN2O4S. The lowest BCUT2D eigenvalue weighted by molar-refractivity contribution is 0.0605. The first kappa shape index (κ1) is 15.5. The van der Waals surface area contributed by atoms with Crippen molar-refractivity contribution in [1.82, 2.24) is 9.62 Å². The molecule has 18 heavy (non-hydrogen) atoms. The molecule has 1 aliphatic rings. The Morgan fingerprint density at radius 2 is 2.06 bits per heavy atom. The van der Waals surface area contributed by atoms with Crippen LogP contribution in [0.2, 0.25) is 0 Å². The molecule has 1 aliphatic heterocycles. The molecule has 106 valence electrons. The molecule has 0 aliphatic carbocycles. The molecule has 0 saturated carbocycles. The predicted molar refractivity (Wildman–Crippen MR) is 68.7 cm³/mol. The maximum absolute atomic E-state index is 11.5. The van der Waals surface area contributed by atoms with Gasteiger partial charge in [-0.15, -0.1) is 0 Å². The molecule has 0 radical (unpaired) electrons. The second kappa shape index (κ2) is 5.63. The Morgan fingerprint density at radius 3 is 2.56 bits per heavy atom. The van der Waals surface area contributed by atoms with Gasteiger partial charge in [-0.05, 0) is 33.6 Å². The minimum atomic E-state index is -3.74. The number of rotatable bonds is 2. The van der Waals surface area contributed by atoms with E-state index in [1.807, 2.05) is 20.8 Å². The lowest BCUT2D eigenvalue weighted by atomic mass is 10.1. The first-order chi connectivity index (χ1) is 8.08. The van der Waals surface area contributed by atoms with Gasteiger partial charge in [0, 0.05) is 22.8 Å². The van der Waals surface area contributed by atoms with Crippen LogP contribution in [0.5, 0.6) is 0 Å². The molecule has 1 rings (SSSR count). The van der Waals surface area contributed by atoms with Crippen LogP contribution in [-0.4, -0.2) is 43.5 Å². The number of halogens is 1. The molecule has 1 atom stereocenters. The standard InChI is InChI=1S/C10H19ClN2O4S/c1-10(2,3)12-9(14)17-8-5-4-6-13(7-8)18(11,15)16/h8H,4-7H2,1-3H3,(H,12,14)/t8-/m1/s1. The number of ether oxygens (including phenoxy) is 1. The Hall–Kier alpha value is -0.530. The first-order valence-electron chi connectivity index (χ1n) is 5.76. The van der Waals surface area contributed by atoms with E-state index in [1.54, 1.807) is 0 Å². The Morgan fingerprint density at radius 1 is 1.44 bits per heavy atom. The number of alkyl carbamates (subject to hydrolysis) is 1. The van der Waals surface area contributed by atoms with Gasteiger partial charge < -0.3 is 10.1 Å². The number of amides is 1. The van der Waals surface area contributed by atoms with E-state index in [4.69, 9.17) is 15.4 Å². The lowest BCUT2D eigenvalue weighted by Gasteiger charge is -2.30. The summed E-state index contributed by atoms with van der Waals surface area (Å²) in [4.78, 5) is 11.5. The molecule has 0 aromatic carbocycles. The molecular weight excluding hydrogens is 280 g/mol. The summed E-state index contributed by atoms with van der Waals surface area (Å²) in [7, 11) is 1.53. The van der Waals surface area contributed by atoms with Crippen molar-refractivity contribution in [3.8, 4) is 0 Å². The number of piperidine rings is 1. The molecule has 0 unspecified atom stereocenters. The molecule has 0 bridgehead atoms. The maximum atomic E-state index is 11.5. The Labute approximate surface area is 112 Å². The van der Waals surface area contributed by atoms with Crippen molar-refractivity contribution in [3.05, 3.63) is 0 Å². The monoisotopic (exact) mass is 298 g/mol. The van der Waals surface area contributed by atoms with Crippen LogP contribution in [0, 0.1) is 0 Å². The summed E-state index contributed by atoms with van der Waals surface area (Å²) in [5.74, 6) is 0. The number of hydrogen-bond acceptors (Lipinski definition) is 4. The summed E-state index contributed by atoms with van der Waals surface area (Å²) in [5.41, 5.74) is -0.385. The zero-order chi connectivity index (χ0) is 14.0. The Bertz CT molecular complexity index is 405. The Balaban J connectivity index is 2.51. The Kier molecular flexibility index (Phi) is 4.85. The summed E-state index contributed by atoms with van der Waals surface area (Å²) in [5, 5.41) is 2.66. The highest BCUT2D eigenvalue weighted by molar-refractivity contribution is 8.11. The van der Waals surface area contributed by atoms with Gasteiger partial charge in [-0.25, -0.2) is 4.79 Å². The number of hydrogen-bond donors (Lipinski definition) is 1. The van der Waals surface area contributed by atoms with Crippen LogP contribution in [0.3, 0.4) is 0 Å². The summed E-state index contributed by atoms with van der Waals surface area (Å²) in [6.45, 7) is 6.00. The summed E-state index contributed by atoms with van der Waals surface area (Å²) < 4.78 is 28.7. The fraction of sp³-hybridized carbons (Fsp3) is 0.900. The van der Waals surface area contributed by atoms with Crippen LogP contribution in [0.1, 0.15) is 33.6 Å². The summed E-state index contributed by atoms with van der Waals surface area (Å²) in [6.07, 6.45) is 0.274. The van der Waals surface area contributed by atoms with E-state index in [0.29, 0.717) is 19.4 Å². The van der Waals surface area contributed by atoms with Gasteiger partial charge in [0.1, 0.15) is 6.10 Å². The third-order valence-electron chi connectivity index (χ3n) is 2.40. The average molecular weight is 299 g/mol. The molecule has 1 amide bonds. The minimum absolute atomic E-state index is 0.114. The lowest BCUT2D eigenvalue weighted by Crippen LogP contribution is -2.46. The van der Waals surface area contributed by atoms with Crippen LogP contribution >= 0.6 is 10.7 Å². The number of nitrogens with zero attached hydrogens (tertiary/aromatic N) is 1. The van der Waals surface area contributed by atoms with Crippen molar-refractivity contribution in [2.45, 2.75) is 45.3 Å². The zero-order valence-electron chi connectivity index (χ0n) is 10.8. The van der Waals surface area contributed by atoms with Gasteiger partial charge in [-0.2, -0.15) is 12.7 Å². The van der Waals surface area contributed by atoms with E-state index < -0.39 is 21.4 Å². The van der Waals surface area contributed by atoms with Crippen LogP contribution < -0.4 is 5.32 Å². The van der Waals surface area contributed by atoms with Gasteiger partial charge in [0.2, 0.25) is 0 Å². The van der Waals surface area contributed by atoms with Crippen molar-refractivity contribution in [2.75, 3.05) is 13.1 Å². The highest BCUT2D eigenvalue weighted by atomic mass is 35.7. The topological polar surface area (TPSA) is 75.7 Å². The van der Waals surface area contributed by atoms with E-state index >= 15 is 0 Å². The molecule has 0 aromatic rings. The van der Waals surface area contributed by atoms with Crippen LogP contribution in [-0.2, 0) is 14.0 Å². The van der Waals surface area contributed by atoms with E-state index in [9.17, 15) is 13.2 Å². The van der Waals surface area contributed by atoms with E-state index in [2.05, 4.69) is 5.32 Å². The fourth-order valence-electron chi connectivity index (χ4n) is 1.69. The number of nitrogens with one attached hydrogen (secondary N) is 1. The van der Waals surface area contributed by atoms with Gasteiger partial charge in [-0.3, -0.25) is 0 Å². The zero-order valence-corrected chi connectivity index (χ0v) is 12.3. The first-order valence-corrected chi connectivity index (χ1v) is 8.03. The summed E-state index contributed by atoms with van der Waals surface area (Å²) >= 11 is 0. The van der Waals surface area contributed by atoms with Crippen LogP contribution in [0.4, 0.5) is 4.79 Å². The molecule has 8 heteroatoms. The largest absolute Gasteiger partial charge is 0.445 e. The highest BCUT2D eigenvalue weighted by Crippen LogP contribution is 2.18. The second-order valence-corrected chi connectivity index (χ2v) is 7.86. The molecule has 1 saturated heterocycles. The number of carbonyl (C=O) groups is 1. The van der Waals surface area contributed by atoms with Crippen LogP contribution in [0.15, 0.2) is 0 Å². The third kappa shape index (κ3) is 5.41.